The van der Waals surface area contributed by atoms with Gasteiger partial charge in [-0.3, -0.25) is 4.79 Å². The van der Waals surface area contributed by atoms with Crippen molar-refractivity contribution in [2.45, 2.75) is 31.9 Å². The third-order valence-electron chi connectivity index (χ3n) is 1.82. The zero-order chi connectivity index (χ0) is 11.6. The van der Waals surface area contributed by atoms with Gasteiger partial charge in [-0.15, -0.1) is 0 Å². The van der Waals surface area contributed by atoms with E-state index in [1.807, 2.05) is 0 Å². The first-order valence-corrected chi connectivity index (χ1v) is 5.70. The van der Waals surface area contributed by atoms with Crippen LogP contribution >= 0.6 is 0 Å². The molecule has 0 saturated carbocycles. The van der Waals surface area contributed by atoms with Gasteiger partial charge in [-0.1, -0.05) is 0 Å². The third-order valence-corrected chi connectivity index (χ3v) is 4.38. The number of carboxylic acids is 1. The Labute approximate surface area is 84.8 Å². The first-order valence-electron chi connectivity index (χ1n) is 4.26. The smallest absolute Gasteiger partial charge is 0.304 e. The fraction of sp³-hybridized carbons (Fsp3) is 0.875. The Morgan fingerprint density at radius 2 is 1.79 bits per heavy atom. The minimum Gasteiger partial charge on any atom is -0.481 e. The van der Waals surface area contributed by atoms with Crippen molar-refractivity contribution >= 4 is 16.0 Å². The Bertz CT molecular complexity index is 302. The quantitative estimate of drug-likeness (QED) is 0.754. The molecule has 0 aromatic carbocycles. The van der Waals surface area contributed by atoms with Gasteiger partial charge in [-0.2, -0.15) is 0 Å². The molecule has 0 aliphatic carbocycles. The van der Waals surface area contributed by atoms with Crippen molar-refractivity contribution in [3.05, 3.63) is 0 Å². The SMILES string of the molecule is CN(CCC(=O)O)S(=O)(=O)C(C)(C)C. The summed E-state index contributed by atoms with van der Waals surface area (Å²) in [6.07, 6.45) is -0.175. The lowest BCUT2D eigenvalue weighted by molar-refractivity contribution is -0.137. The zero-order valence-electron chi connectivity index (χ0n) is 8.94. The van der Waals surface area contributed by atoms with Crippen LogP contribution in [0.1, 0.15) is 27.2 Å². The predicted octanol–water partition coefficient (Wildman–Crippen LogP) is 0.521. The highest BCUT2D eigenvalue weighted by Crippen LogP contribution is 2.18. The molecule has 0 atom stereocenters. The van der Waals surface area contributed by atoms with Crippen LogP contribution in [0.3, 0.4) is 0 Å². The molecule has 5 nitrogen and oxygen atoms in total. The van der Waals surface area contributed by atoms with Gasteiger partial charge in [0.25, 0.3) is 0 Å². The van der Waals surface area contributed by atoms with E-state index in [1.165, 1.54) is 7.05 Å². The molecule has 0 aromatic rings. The molecular formula is C8H17NO4S. The van der Waals surface area contributed by atoms with E-state index in [2.05, 4.69) is 0 Å². The molecule has 0 fully saturated rings. The van der Waals surface area contributed by atoms with Crippen molar-refractivity contribution < 1.29 is 18.3 Å². The molecule has 0 rings (SSSR count). The summed E-state index contributed by atoms with van der Waals surface area (Å²) in [5, 5.41) is 8.41. The third kappa shape index (κ3) is 3.26. The largest absolute Gasteiger partial charge is 0.481 e. The Hall–Kier alpha value is -0.620. The molecule has 0 aliphatic heterocycles. The lowest BCUT2D eigenvalue weighted by Crippen LogP contribution is -2.41. The van der Waals surface area contributed by atoms with Gasteiger partial charge in [-0.05, 0) is 20.8 Å². The van der Waals surface area contributed by atoms with Crippen LogP contribution in [-0.2, 0) is 14.8 Å². The first kappa shape index (κ1) is 13.4. The second-order valence-corrected chi connectivity index (χ2v) is 6.88. The fourth-order valence-electron chi connectivity index (χ4n) is 0.841. The molecule has 0 bridgehead atoms. The molecule has 0 spiro atoms. The van der Waals surface area contributed by atoms with Crippen molar-refractivity contribution in [3.8, 4) is 0 Å². The van der Waals surface area contributed by atoms with Crippen LogP contribution in [0.25, 0.3) is 0 Å². The summed E-state index contributed by atoms with van der Waals surface area (Å²) in [6.45, 7) is 4.76. The number of carboxylic acid groups (broad SMARTS) is 1. The van der Waals surface area contributed by atoms with Gasteiger partial charge >= 0.3 is 5.97 Å². The minimum absolute atomic E-state index is 0.00887. The average molecular weight is 223 g/mol. The van der Waals surface area contributed by atoms with Crippen LogP contribution in [0.5, 0.6) is 0 Å². The van der Waals surface area contributed by atoms with Crippen LogP contribution in [0.2, 0.25) is 0 Å². The van der Waals surface area contributed by atoms with E-state index in [0.717, 1.165) is 4.31 Å². The highest BCUT2D eigenvalue weighted by atomic mass is 32.2. The molecule has 0 aromatic heterocycles. The summed E-state index contributed by atoms with van der Waals surface area (Å²) in [6, 6.07) is 0. The van der Waals surface area contributed by atoms with Crippen LogP contribution in [0, 0.1) is 0 Å². The van der Waals surface area contributed by atoms with E-state index in [1.54, 1.807) is 20.8 Å². The molecule has 0 aliphatic rings. The molecule has 6 heteroatoms. The lowest BCUT2D eigenvalue weighted by atomic mass is 10.3. The van der Waals surface area contributed by atoms with E-state index < -0.39 is 20.7 Å². The molecule has 1 N–H and O–H groups in total. The predicted molar refractivity (Wildman–Crippen MR) is 53.6 cm³/mol. The van der Waals surface area contributed by atoms with Crippen LogP contribution in [0.4, 0.5) is 0 Å². The van der Waals surface area contributed by atoms with Crippen LogP contribution in [0.15, 0.2) is 0 Å². The van der Waals surface area contributed by atoms with Crippen LogP contribution in [-0.4, -0.2) is 42.1 Å². The summed E-state index contributed by atoms with van der Waals surface area (Å²) in [5.74, 6) is -0.999. The maximum Gasteiger partial charge on any atom is 0.304 e. The Balaban J connectivity index is 4.54. The summed E-state index contributed by atoms with van der Waals surface area (Å²) in [5.41, 5.74) is 0. The maximum atomic E-state index is 11.7. The summed E-state index contributed by atoms with van der Waals surface area (Å²) in [7, 11) is -2.01. The van der Waals surface area contributed by atoms with Crippen molar-refractivity contribution in [3.63, 3.8) is 0 Å². The van der Waals surface area contributed by atoms with Gasteiger partial charge in [0.15, 0.2) is 0 Å². The normalized spacial score (nSPS) is 13.2. The van der Waals surface area contributed by atoms with E-state index in [0.29, 0.717) is 0 Å². The summed E-state index contributed by atoms with van der Waals surface area (Å²) < 4.78 is 23.6. The summed E-state index contributed by atoms with van der Waals surface area (Å²) >= 11 is 0. The second-order valence-electron chi connectivity index (χ2n) is 4.08. The second kappa shape index (κ2) is 4.27. The van der Waals surface area contributed by atoms with Crippen molar-refractivity contribution in [1.82, 2.24) is 4.31 Å². The molecule has 0 radical (unpaired) electrons. The highest BCUT2D eigenvalue weighted by Gasteiger charge is 2.32. The summed E-state index contributed by atoms with van der Waals surface area (Å²) in [4.78, 5) is 10.3. The van der Waals surface area contributed by atoms with Gasteiger partial charge in [-0.25, -0.2) is 12.7 Å². The Morgan fingerprint density at radius 1 is 1.36 bits per heavy atom. The van der Waals surface area contributed by atoms with E-state index in [4.69, 9.17) is 5.11 Å². The first-order chi connectivity index (χ1) is 6.09. The maximum absolute atomic E-state index is 11.7. The molecular weight excluding hydrogens is 206 g/mol. The van der Waals surface area contributed by atoms with Crippen molar-refractivity contribution in [2.75, 3.05) is 13.6 Å². The van der Waals surface area contributed by atoms with Gasteiger partial charge in [0, 0.05) is 13.6 Å². The highest BCUT2D eigenvalue weighted by molar-refractivity contribution is 7.90. The minimum atomic E-state index is -3.40. The molecule has 14 heavy (non-hydrogen) atoms. The van der Waals surface area contributed by atoms with E-state index in [-0.39, 0.29) is 13.0 Å². The van der Waals surface area contributed by atoms with Gasteiger partial charge in [0.1, 0.15) is 0 Å². The average Bonchev–Trinajstić information content (AvgIpc) is 1.97. The number of aliphatic carboxylic acids is 1. The number of hydrogen-bond acceptors (Lipinski definition) is 3. The monoisotopic (exact) mass is 223 g/mol. The fourth-order valence-corrected chi connectivity index (χ4v) is 2.11. The number of nitrogens with zero attached hydrogens (tertiary/aromatic N) is 1. The molecule has 0 saturated heterocycles. The number of carbonyl (C=O) groups is 1. The zero-order valence-corrected chi connectivity index (χ0v) is 9.76. The van der Waals surface area contributed by atoms with Crippen molar-refractivity contribution in [2.24, 2.45) is 0 Å². The molecule has 0 amide bonds. The Kier molecular flexibility index (Phi) is 4.08. The number of sulfonamides is 1. The van der Waals surface area contributed by atoms with E-state index in [9.17, 15) is 13.2 Å². The van der Waals surface area contributed by atoms with Gasteiger partial charge in [0.05, 0.1) is 11.2 Å². The Morgan fingerprint density at radius 3 is 2.07 bits per heavy atom. The van der Waals surface area contributed by atoms with Gasteiger partial charge in [0.2, 0.25) is 10.0 Å². The van der Waals surface area contributed by atoms with Crippen molar-refractivity contribution in [1.29, 1.82) is 0 Å². The van der Waals surface area contributed by atoms with Crippen LogP contribution < -0.4 is 0 Å². The topological polar surface area (TPSA) is 74.7 Å². The van der Waals surface area contributed by atoms with Gasteiger partial charge < -0.3 is 5.11 Å². The molecule has 84 valence electrons. The molecule has 0 unspecified atom stereocenters. The molecule has 0 heterocycles. The van der Waals surface area contributed by atoms with E-state index >= 15 is 0 Å². The lowest BCUT2D eigenvalue weighted by Gasteiger charge is -2.26. The number of rotatable bonds is 4. The standard InChI is InChI=1S/C8H17NO4S/c1-8(2,3)14(12,13)9(4)6-5-7(10)11/h5-6H2,1-4H3,(H,10,11). The number of hydrogen-bond donors (Lipinski definition) is 1.